The highest BCUT2D eigenvalue weighted by atomic mass is 15.3. The molecule has 1 aromatic carbocycles. The molecule has 0 aromatic heterocycles. The van der Waals surface area contributed by atoms with Gasteiger partial charge in [0, 0.05) is 44.8 Å². The quantitative estimate of drug-likeness (QED) is 0.897. The summed E-state index contributed by atoms with van der Waals surface area (Å²) in [6.45, 7) is 10.5. The van der Waals surface area contributed by atoms with E-state index < -0.39 is 0 Å². The monoisotopic (exact) mass is 287 g/mol. The highest BCUT2D eigenvalue weighted by Gasteiger charge is 2.31. The number of piperazine rings is 1. The van der Waals surface area contributed by atoms with Crippen LogP contribution in [-0.2, 0) is 0 Å². The van der Waals surface area contributed by atoms with E-state index in [-0.39, 0.29) is 0 Å². The smallest absolute Gasteiger partial charge is 0.0446 e. The molecule has 1 aliphatic carbocycles. The molecule has 0 spiro atoms. The van der Waals surface area contributed by atoms with Crippen LogP contribution < -0.4 is 5.32 Å². The van der Waals surface area contributed by atoms with Gasteiger partial charge < -0.3 is 5.32 Å². The van der Waals surface area contributed by atoms with Crippen molar-refractivity contribution in [3.63, 3.8) is 0 Å². The van der Waals surface area contributed by atoms with Crippen LogP contribution in [0.2, 0.25) is 0 Å². The first-order valence-electron chi connectivity index (χ1n) is 8.38. The SMILES string of the molecule is CNC(CN1CCN(C2CC2)CC1)c1ccc(C)c(C)c1. The summed E-state index contributed by atoms with van der Waals surface area (Å²) in [5.74, 6) is 0. The number of rotatable bonds is 5. The third-order valence-corrected chi connectivity index (χ3v) is 5.19. The molecule has 1 saturated heterocycles. The lowest BCUT2D eigenvalue weighted by molar-refractivity contribution is 0.118. The molecule has 0 bridgehead atoms. The zero-order valence-corrected chi connectivity index (χ0v) is 13.7. The number of aryl methyl sites for hydroxylation is 2. The summed E-state index contributed by atoms with van der Waals surface area (Å²) in [4.78, 5) is 5.30. The second-order valence-corrected chi connectivity index (χ2v) is 6.75. The third-order valence-electron chi connectivity index (χ3n) is 5.19. The largest absolute Gasteiger partial charge is 0.312 e. The Bertz CT molecular complexity index is 473. The van der Waals surface area contributed by atoms with Gasteiger partial charge in [0.2, 0.25) is 0 Å². The second-order valence-electron chi connectivity index (χ2n) is 6.75. The number of benzene rings is 1. The number of nitrogens with zero attached hydrogens (tertiary/aromatic N) is 2. The van der Waals surface area contributed by atoms with Crippen LogP contribution in [0, 0.1) is 13.8 Å². The van der Waals surface area contributed by atoms with Gasteiger partial charge in [0.05, 0.1) is 0 Å². The topological polar surface area (TPSA) is 18.5 Å². The van der Waals surface area contributed by atoms with Crippen molar-refractivity contribution in [2.24, 2.45) is 0 Å². The first-order valence-corrected chi connectivity index (χ1v) is 8.38. The van der Waals surface area contributed by atoms with E-state index in [1.54, 1.807) is 0 Å². The fourth-order valence-electron chi connectivity index (χ4n) is 3.35. The molecule has 21 heavy (non-hydrogen) atoms. The van der Waals surface area contributed by atoms with Crippen LogP contribution in [0.3, 0.4) is 0 Å². The first kappa shape index (κ1) is 15.0. The fraction of sp³-hybridized carbons (Fsp3) is 0.667. The molecule has 0 amide bonds. The third kappa shape index (κ3) is 3.65. The van der Waals surface area contributed by atoms with Crippen LogP contribution in [0.4, 0.5) is 0 Å². The lowest BCUT2D eigenvalue weighted by atomic mass is 10.0. The van der Waals surface area contributed by atoms with E-state index in [0.717, 1.165) is 12.6 Å². The minimum absolute atomic E-state index is 0.441. The Morgan fingerprint density at radius 1 is 1.10 bits per heavy atom. The zero-order chi connectivity index (χ0) is 14.8. The maximum Gasteiger partial charge on any atom is 0.0446 e. The van der Waals surface area contributed by atoms with Crippen LogP contribution in [-0.4, -0.2) is 55.6 Å². The van der Waals surface area contributed by atoms with Gasteiger partial charge in [-0.1, -0.05) is 18.2 Å². The maximum absolute atomic E-state index is 3.50. The number of nitrogens with one attached hydrogen (secondary N) is 1. The van der Waals surface area contributed by atoms with Crippen molar-refractivity contribution in [1.29, 1.82) is 0 Å². The van der Waals surface area contributed by atoms with E-state index in [2.05, 4.69) is 54.2 Å². The molecule has 1 heterocycles. The van der Waals surface area contributed by atoms with Crippen LogP contribution in [0.5, 0.6) is 0 Å². The van der Waals surface area contributed by atoms with E-state index in [1.807, 2.05) is 0 Å². The van der Waals surface area contributed by atoms with E-state index in [4.69, 9.17) is 0 Å². The minimum atomic E-state index is 0.441. The van der Waals surface area contributed by atoms with Crippen molar-refractivity contribution in [3.8, 4) is 0 Å². The molecule has 1 saturated carbocycles. The molecule has 1 aromatic rings. The molecular weight excluding hydrogens is 258 g/mol. The average Bonchev–Trinajstić information content (AvgIpc) is 3.33. The maximum atomic E-state index is 3.50. The molecule has 3 heteroatoms. The van der Waals surface area contributed by atoms with Crippen molar-refractivity contribution in [2.75, 3.05) is 39.8 Å². The van der Waals surface area contributed by atoms with Crippen LogP contribution >= 0.6 is 0 Å². The van der Waals surface area contributed by atoms with E-state index in [0.29, 0.717) is 6.04 Å². The first-order chi connectivity index (χ1) is 10.2. The Labute approximate surface area is 129 Å². The Kier molecular flexibility index (Phi) is 4.63. The molecule has 1 aliphatic heterocycles. The highest BCUT2D eigenvalue weighted by Crippen LogP contribution is 2.27. The summed E-state index contributed by atoms with van der Waals surface area (Å²) in [6.07, 6.45) is 2.86. The zero-order valence-electron chi connectivity index (χ0n) is 13.7. The van der Waals surface area contributed by atoms with Crippen molar-refractivity contribution in [3.05, 3.63) is 34.9 Å². The predicted octanol–water partition coefficient (Wildman–Crippen LogP) is 2.34. The lowest BCUT2D eigenvalue weighted by Crippen LogP contribution is -2.49. The normalized spacial score (nSPS) is 22.4. The van der Waals surface area contributed by atoms with E-state index in [1.165, 1.54) is 55.7 Å². The Morgan fingerprint density at radius 2 is 1.81 bits per heavy atom. The molecular formula is C18H29N3. The molecule has 1 N–H and O–H groups in total. The highest BCUT2D eigenvalue weighted by molar-refractivity contribution is 5.31. The van der Waals surface area contributed by atoms with Crippen molar-refractivity contribution in [2.45, 2.75) is 38.8 Å². The van der Waals surface area contributed by atoms with Crippen molar-refractivity contribution in [1.82, 2.24) is 15.1 Å². The van der Waals surface area contributed by atoms with Crippen LogP contribution in [0.1, 0.15) is 35.6 Å². The predicted molar refractivity (Wildman–Crippen MR) is 88.8 cm³/mol. The van der Waals surface area contributed by atoms with Gasteiger partial charge in [-0.2, -0.15) is 0 Å². The van der Waals surface area contributed by atoms with E-state index in [9.17, 15) is 0 Å². The van der Waals surface area contributed by atoms with Gasteiger partial charge in [0.15, 0.2) is 0 Å². The Morgan fingerprint density at radius 3 is 2.38 bits per heavy atom. The van der Waals surface area contributed by atoms with Gasteiger partial charge in [0.25, 0.3) is 0 Å². The van der Waals surface area contributed by atoms with Gasteiger partial charge in [0.1, 0.15) is 0 Å². The molecule has 1 atom stereocenters. The van der Waals surface area contributed by atoms with E-state index >= 15 is 0 Å². The van der Waals surface area contributed by atoms with Gasteiger partial charge in [-0.15, -0.1) is 0 Å². The summed E-state index contributed by atoms with van der Waals surface area (Å²) >= 11 is 0. The molecule has 0 radical (unpaired) electrons. The van der Waals surface area contributed by atoms with Crippen LogP contribution in [0.15, 0.2) is 18.2 Å². The number of hydrogen-bond donors (Lipinski definition) is 1. The Hall–Kier alpha value is -0.900. The molecule has 2 fully saturated rings. The standard InChI is InChI=1S/C18H29N3/c1-14-4-5-16(12-15(14)2)18(19-3)13-20-8-10-21(11-9-20)17-6-7-17/h4-5,12,17-19H,6-11,13H2,1-3H3. The fourth-order valence-corrected chi connectivity index (χ4v) is 3.35. The molecule has 3 rings (SSSR count). The van der Waals surface area contributed by atoms with Crippen LogP contribution in [0.25, 0.3) is 0 Å². The average molecular weight is 287 g/mol. The molecule has 2 aliphatic rings. The Balaban J connectivity index is 1.57. The second kappa shape index (κ2) is 6.47. The summed E-state index contributed by atoms with van der Waals surface area (Å²) in [5.41, 5.74) is 4.20. The number of likely N-dealkylation sites (N-methyl/N-ethyl adjacent to an activating group) is 1. The summed E-state index contributed by atoms with van der Waals surface area (Å²) < 4.78 is 0. The minimum Gasteiger partial charge on any atom is -0.312 e. The molecule has 116 valence electrons. The summed E-state index contributed by atoms with van der Waals surface area (Å²) in [5, 5.41) is 3.50. The van der Waals surface area contributed by atoms with Crippen molar-refractivity contribution < 1.29 is 0 Å². The van der Waals surface area contributed by atoms with Gasteiger partial charge in [-0.3, -0.25) is 9.80 Å². The summed E-state index contributed by atoms with van der Waals surface area (Å²) in [7, 11) is 2.08. The summed E-state index contributed by atoms with van der Waals surface area (Å²) in [6, 6.07) is 8.24. The van der Waals surface area contributed by atoms with Gasteiger partial charge in [-0.25, -0.2) is 0 Å². The lowest BCUT2D eigenvalue weighted by Gasteiger charge is -2.36. The number of hydrogen-bond acceptors (Lipinski definition) is 3. The van der Waals surface area contributed by atoms with Gasteiger partial charge in [-0.05, 0) is 50.4 Å². The molecule has 1 unspecified atom stereocenters. The van der Waals surface area contributed by atoms with Crippen molar-refractivity contribution >= 4 is 0 Å². The van der Waals surface area contributed by atoms with Gasteiger partial charge >= 0.3 is 0 Å². The molecule has 3 nitrogen and oxygen atoms in total.